The minimum atomic E-state index is -0.379. The Morgan fingerprint density at radius 3 is 3.16 bits per heavy atom. The molecule has 0 radical (unpaired) electrons. The average Bonchev–Trinajstić information content (AvgIpc) is 2.70. The molecular formula is C14H22N2O3. The van der Waals surface area contributed by atoms with Crippen LogP contribution in [0.3, 0.4) is 0 Å². The predicted octanol–water partition coefficient (Wildman–Crippen LogP) is 1.01. The van der Waals surface area contributed by atoms with Crippen LogP contribution in [0.2, 0.25) is 0 Å². The zero-order valence-electron chi connectivity index (χ0n) is 11.4. The SMILES string of the molecule is COCCNC(=O)Cn1cc2c(c1)C(O)CCCC2. The molecule has 2 rings (SSSR count). The Kier molecular flexibility index (Phi) is 4.99. The van der Waals surface area contributed by atoms with Crippen LogP contribution in [0.4, 0.5) is 0 Å². The van der Waals surface area contributed by atoms with Gasteiger partial charge in [-0.15, -0.1) is 0 Å². The summed E-state index contributed by atoms with van der Waals surface area (Å²) in [6.07, 6.45) is 7.49. The molecule has 1 aromatic rings. The fourth-order valence-electron chi connectivity index (χ4n) is 2.50. The van der Waals surface area contributed by atoms with E-state index >= 15 is 0 Å². The Morgan fingerprint density at radius 1 is 1.53 bits per heavy atom. The molecule has 5 nitrogen and oxygen atoms in total. The highest BCUT2D eigenvalue weighted by Crippen LogP contribution is 2.29. The Bertz CT molecular complexity index is 428. The lowest BCUT2D eigenvalue weighted by Crippen LogP contribution is -2.30. The third-order valence-corrected chi connectivity index (χ3v) is 3.48. The van der Waals surface area contributed by atoms with Crippen LogP contribution < -0.4 is 5.32 Å². The molecule has 0 fully saturated rings. The maximum Gasteiger partial charge on any atom is 0.239 e. The first-order valence-corrected chi connectivity index (χ1v) is 6.83. The number of aliphatic hydroxyl groups excluding tert-OH is 1. The molecule has 1 unspecified atom stereocenters. The van der Waals surface area contributed by atoms with Crippen LogP contribution in [0, 0.1) is 0 Å². The molecule has 1 amide bonds. The number of rotatable bonds is 5. The van der Waals surface area contributed by atoms with Crippen LogP contribution in [-0.4, -0.2) is 35.8 Å². The van der Waals surface area contributed by atoms with Gasteiger partial charge in [-0.2, -0.15) is 0 Å². The lowest BCUT2D eigenvalue weighted by molar-refractivity contribution is -0.121. The number of nitrogens with zero attached hydrogens (tertiary/aromatic N) is 1. The molecule has 1 aliphatic rings. The van der Waals surface area contributed by atoms with Crippen LogP contribution in [0.5, 0.6) is 0 Å². The maximum atomic E-state index is 11.7. The minimum absolute atomic E-state index is 0.0308. The molecule has 1 heterocycles. The van der Waals surface area contributed by atoms with Gasteiger partial charge >= 0.3 is 0 Å². The first-order valence-electron chi connectivity index (χ1n) is 6.83. The molecule has 0 spiro atoms. The number of hydrogen-bond acceptors (Lipinski definition) is 3. The summed E-state index contributed by atoms with van der Waals surface area (Å²) in [5, 5.41) is 12.8. The normalized spacial score (nSPS) is 18.7. The van der Waals surface area contributed by atoms with E-state index in [9.17, 15) is 9.90 Å². The monoisotopic (exact) mass is 266 g/mol. The largest absolute Gasteiger partial charge is 0.388 e. The Balaban J connectivity index is 1.95. The average molecular weight is 266 g/mol. The number of ether oxygens (including phenoxy) is 1. The summed E-state index contributed by atoms with van der Waals surface area (Å²) >= 11 is 0. The van der Waals surface area contributed by atoms with Crippen LogP contribution in [0.1, 0.15) is 36.5 Å². The summed E-state index contributed by atoms with van der Waals surface area (Å²) in [4.78, 5) is 11.7. The highest BCUT2D eigenvalue weighted by atomic mass is 16.5. The van der Waals surface area contributed by atoms with E-state index in [1.54, 1.807) is 7.11 Å². The van der Waals surface area contributed by atoms with Crippen LogP contribution in [0.25, 0.3) is 0 Å². The topological polar surface area (TPSA) is 63.5 Å². The van der Waals surface area contributed by atoms with E-state index in [1.165, 1.54) is 5.56 Å². The summed E-state index contributed by atoms with van der Waals surface area (Å²) in [7, 11) is 1.61. The second kappa shape index (κ2) is 6.73. The molecule has 2 N–H and O–H groups in total. The predicted molar refractivity (Wildman–Crippen MR) is 71.8 cm³/mol. The Morgan fingerprint density at radius 2 is 2.37 bits per heavy atom. The molecule has 1 atom stereocenters. The molecule has 5 heteroatoms. The van der Waals surface area contributed by atoms with Gasteiger partial charge in [0.05, 0.1) is 12.7 Å². The second-order valence-corrected chi connectivity index (χ2v) is 5.02. The van der Waals surface area contributed by atoms with Gasteiger partial charge in [0.2, 0.25) is 5.91 Å². The van der Waals surface area contributed by atoms with E-state index in [0.29, 0.717) is 19.7 Å². The van der Waals surface area contributed by atoms with Gasteiger partial charge < -0.3 is 19.7 Å². The van der Waals surface area contributed by atoms with Gasteiger partial charge in [-0.25, -0.2) is 0 Å². The first kappa shape index (κ1) is 14.1. The Hall–Kier alpha value is -1.33. The van der Waals surface area contributed by atoms with E-state index in [1.807, 2.05) is 17.0 Å². The highest BCUT2D eigenvalue weighted by Gasteiger charge is 2.18. The van der Waals surface area contributed by atoms with Gasteiger partial charge in [0, 0.05) is 31.6 Å². The van der Waals surface area contributed by atoms with Gasteiger partial charge in [-0.05, 0) is 24.8 Å². The van der Waals surface area contributed by atoms with Crippen molar-refractivity contribution < 1.29 is 14.6 Å². The van der Waals surface area contributed by atoms with Gasteiger partial charge in [-0.3, -0.25) is 4.79 Å². The zero-order valence-corrected chi connectivity index (χ0v) is 11.4. The molecule has 0 aliphatic heterocycles. The number of aromatic nitrogens is 1. The van der Waals surface area contributed by atoms with Crippen LogP contribution >= 0.6 is 0 Å². The number of methoxy groups -OCH3 is 1. The second-order valence-electron chi connectivity index (χ2n) is 5.02. The van der Waals surface area contributed by atoms with Crippen molar-refractivity contribution in [3.8, 4) is 0 Å². The number of carbonyl (C=O) groups excluding carboxylic acids is 1. The quantitative estimate of drug-likeness (QED) is 0.617. The summed E-state index contributed by atoms with van der Waals surface area (Å²) in [6.45, 7) is 1.34. The zero-order chi connectivity index (χ0) is 13.7. The van der Waals surface area contributed by atoms with Gasteiger partial charge in [0.15, 0.2) is 0 Å². The lowest BCUT2D eigenvalue weighted by atomic mass is 10.1. The van der Waals surface area contributed by atoms with E-state index in [-0.39, 0.29) is 12.0 Å². The number of aliphatic hydroxyl groups is 1. The number of carbonyl (C=O) groups is 1. The lowest BCUT2D eigenvalue weighted by Gasteiger charge is -2.07. The van der Waals surface area contributed by atoms with Crippen molar-refractivity contribution >= 4 is 5.91 Å². The third kappa shape index (κ3) is 3.81. The van der Waals surface area contributed by atoms with Crippen molar-refractivity contribution in [2.75, 3.05) is 20.3 Å². The summed E-state index contributed by atoms with van der Waals surface area (Å²) in [5.74, 6) is -0.0308. The molecule has 0 saturated carbocycles. The third-order valence-electron chi connectivity index (χ3n) is 3.48. The van der Waals surface area contributed by atoms with Crippen molar-refractivity contribution in [3.63, 3.8) is 0 Å². The standard InChI is InChI=1S/C14H22N2O3/c1-19-7-6-15-14(18)10-16-8-11-4-2-3-5-13(17)12(11)9-16/h8-9,13,17H,2-7,10H2,1H3,(H,15,18). The van der Waals surface area contributed by atoms with E-state index in [4.69, 9.17) is 4.74 Å². The van der Waals surface area contributed by atoms with Crippen LogP contribution in [-0.2, 0) is 22.5 Å². The van der Waals surface area contributed by atoms with E-state index < -0.39 is 0 Å². The summed E-state index contributed by atoms with van der Waals surface area (Å²) < 4.78 is 6.74. The number of hydrogen-bond donors (Lipinski definition) is 2. The van der Waals surface area contributed by atoms with Crippen molar-refractivity contribution in [2.24, 2.45) is 0 Å². The minimum Gasteiger partial charge on any atom is -0.388 e. The van der Waals surface area contributed by atoms with E-state index in [2.05, 4.69) is 5.32 Å². The van der Waals surface area contributed by atoms with Crippen molar-refractivity contribution in [2.45, 2.75) is 38.3 Å². The van der Waals surface area contributed by atoms with Crippen LogP contribution in [0.15, 0.2) is 12.4 Å². The van der Waals surface area contributed by atoms with Gasteiger partial charge in [0.1, 0.15) is 6.54 Å². The fourth-order valence-corrected chi connectivity index (χ4v) is 2.50. The number of amides is 1. The first-order chi connectivity index (χ1) is 9.20. The van der Waals surface area contributed by atoms with E-state index in [0.717, 1.165) is 31.2 Å². The number of aryl methyl sites for hydroxylation is 1. The van der Waals surface area contributed by atoms with Gasteiger partial charge in [-0.1, -0.05) is 6.42 Å². The van der Waals surface area contributed by atoms with Crippen molar-refractivity contribution in [3.05, 3.63) is 23.5 Å². The summed E-state index contributed by atoms with van der Waals surface area (Å²) in [5.41, 5.74) is 2.16. The molecule has 1 aromatic heterocycles. The molecule has 0 aromatic carbocycles. The summed E-state index contributed by atoms with van der Waals surface area (Å²) in [6, 6.07) is 0. The van der Waals surface area contributed by atoms with Crippen molar-refractivity contribution in [1.29, 1.82) is 0 Å². The molecule has 1 aliphatic carbocycles. The molecule has 0 bridgehead atoms. The fraction of sp³-hybridized carbons (Fsp3) is 0.643. The molecule has 106 valence electrons. The van der Waals surface area contributed by atoms with Crippen molar-refractivity contribution in [1.82, 2.24) is 9.88 Å². The molecule has 19 heavy (non-hydrogen) atoms. The molecular weight excluding hydrogens is 244 g/mol. The smallest absolute Gasteiger partial charge is 0.239 e. The molecule has 0 saturated heterocycles. The highest BCUT2D eigenvalue weighted by molar-refractivity contribution is 5.75. The Labute approximate surface area is 113 Å². The maximum absolute atomic E-state index is 11.7. The van der Waals surface area contributed by atoms with Gasteiger partial charge in [0.25, 0.3) is 0 Å². The number of nitrogens with one attached hydrogen (secondary N) is 1. The number of fused-ring (bicyclic) bond motifs is 1.